The van der Waals surface area contributed by atoms with Crippen LogP contribution in [-0.2, 0) is 9.59 Å². The van der Waals surface area contributed by atoms with Gasteiger partial charge >= 0.3 is 6.03 Å². The lowest BCUT2D eigenvalue weighted by Gasteiger charge is -2.33. The van der Waals surface area contributed by atoms with Gasteiger partial charge in [-0.1, -0.05) is 33.6 Å². The Morgan fingerprint density at radius 2 is 1.88 bits per heavy atom. The molecular weight excluding hydrogens is 318 g/mol. The molecule has 2 fully saturated rings. The normalized spacial score (nSPS) is 27.7. The van der Waals surface area contributed by atoms with Gasteiger partial charge in [-0.3, -0.25) is 14.5 Å². The van der Waals surface area contributed by atoms with E-state index in [0.717, 1.165) is 37.0 Å². The summed E-state index contributed by atoms with van der Waals surface area (Å²) in [7, 11) is 0. The Bertz CT molecular complexity index is 510. The lowest BCUT2D eigenvalue weighted by Crippen LogP contribution is -2.50. The van der Waals surface area contributed by atoms with Crippen molar-refractivity contribution in [3.63, 3.8) is 0 Å². The van der Waals surface area contributed by atoms with Crippen molar-refractivity contribution in [2.24, 2.45) is 11.8 Å². The van der Waals surface area contributed by atoms with Crippen molar-refractivity contribution in [3.05, 3.63) is 0 Å². The summed E-state index contributed by atoms with van der Waals surface area (Å²) in [6.45, 7) is 8.32. The molecule has 0 bridgehead atoms. The predicted octanol–water partition coefficient (Wildman–Crippen LogP) is 2.82. The molecule has 0 aromatic heterocycles. The number of rotatable bonds is 7. The van der Waals surface area contributed by atoms with E-state index in [1.807, 2.05) is 6.92 Å². The van der Waals surface area contributed by atoms with Crippen LogP contribution in [0, 0.1) is 11.8 Å². The van der Waals surface area contributed by atoms with Gasteiger partial charge in [0.1, 0.15) is 12.1 Å². The maximum absolute atomic E-state index is 12.7. The van der Waals surface area contributed by atoms with Crippen molar-refractivity contribution in [2.45, 2.75) is 84.2 Å². The largest absolute Gasteiger partial charge is 0.352 e. The highest BCUT2D eigenvalue weighted by molar-refractivity contribution is 6.09. The van der Waals surface area contributed by atoms with E-state index in [1.165, 1.54) is 0 Å². The quantitative estimate of drug-likeness (QED) is 0.692. The summed E-state index contributed by atoms with van der Waals surface area (Å²) in [4.78, 5) is 38.3. The molecule has 1 saturated heterocycles. The minimum atomic E-state index is -0.771. The van der Waals surface area contributed by atoms with Crippen molar-refractivity contribution in [3.8, 4) is 0 Å². The van der Waals surface area contributed by atoms with Gasteiger partial charge in [-0.2, -0.15) is 0 Å². The van der Waals surface area contributed by atoms with Gasteiger partial charge in [0.05, 0.1) is 0 Å². The van der Waals surface area contributed by atoms with Crippen LogP contribution in [0.1, 0.15) is 72.6 Å². The van der Waals surface area contributed by atoms with Crippen LogP contribution in [-0.4, -0.2) is 40.9 Å². The first kappa shape index (κ1) is 19.7. The second-order valence-electron chi connectivity index (χ2n) is 8.38. The van der Waals surface area contributed by atoms with E-state index in [2.05, 4.69) is 31.4 Å². The summed E-state index contributed by atoms with van der Waals surface area (Å²) in [5.41, 5.74) is -0.771. The van der Waals surface area contributed by atoms with Crippen molar-refractivity contribution < 1.29 is 14.4 Å². The Morgan fingerprint density at radius 3 is 2.48 bits per heavy atom. The molecule has 4 amide bonds. The first-order valence-electron chi connectivity index (χ1n) is 9.67. The number of imide groups is 1. The average Bonchev–Trinajstić information content (AvgIpc) is 2.74. The van der Waals surface area contributed by atoms with Gasteiger partial charge < -0.3 is 10.6 Å². The molecule has 2 rings (SSSR count). The fourth-order valence-corrected chi connectivity index (χ4v) is 3.78. The van der Waals surface area contributed by atoms with Gasteiger partial charge in [0.2, 0.25) is 5.91 Å². The number of nitrogens with one attached hydrogen (secondary N) is 2. The molecule has 1 unspecified atom stereocenters. The van der Waals surface area contributed by atoms with Crippen molar-refractivity contribution >= 4 is 17.8 Å². The van der Waals surface area contributed by atoms with Gasteiger partial charge in [0.25, 0.3) is 5.91 Å². The molecule has 1 atom stereocenters. The molecule has 0 radical (unpaired) electrons. The number of nitrogens with zero attached hydrogens (tertiary/aromatic N) is 1. The number of urea groups is 1. The predicted molar refractivity (Wildman–Crippen MR) is 96.9 cm³/mol. The van der Waals surface area contributed by atoms with Crippen LogP contribution in [0.15, 0.2) is 0 Å². The fourth-order valence-electron chi connectivity index (χ4n) is 3.78. The van der Waals surface area contributed by atoms with Crippen LogP contribution < -0.4 is 10.6 Å². The summed E-state index contributed by atoms with van der Waals surface area (Å²) < 4.78 is 0. The Balaban J connectivity index is 1.84. The zero-order chi connectivity index (χ0) is 18.6. The van der Waals surface area contributed by atoms with Gasteiger partial charge in [-0.25, -0.2) is 4.79 Å². The summed E-state index contributed by atoms with van der Waals surface area (Å²) >= 11 is 0. The summed E-state index contributed by atoms with van der Waals surface area (Å²) in [5.74, 6) is 0.747. The van der Waals surface area contributed by atoms with Crippen LogP contribution >= 0.6 is 0 Å². The highest BCUT2D eigenvalue weighted by Gasteiger charge is 2.52. The lowest BCUT2D eigenvalue weighted by molar-refractivity contribution is -0.136. The Labute approximate surface area is 151 Å². The second-order valence-corrected chi connectivity index (χ2v) is 8.38. The van der Waals surface area contributed by atoms with Crippen LogP contribution in [0.4, 0.5) is 4.79 Å². The van der Waals surface area contributed by atoms with Gasteiger partial charge in [0.15, 0.2) is 0 Å². The van der Waals surface area contributed by atoms with E-state index in [1.54, 1.807) is 0 Å². The molecule has 1 saturated carbocycles. The van der Waals surface area contributed by atoms with Crippen LogP contribution in [0.25, 0.3) is 0 Å². The summed E-state index contributed by atoms with van der Waals surface area (Å²) in [6.07, 6.45) is 6.30. The zero-order valence-corrected chi connectivity index (χ0v) is 16.1. The molecule has 1 heterocycles. The minimum absolute atomic E-state index is 0.0523. The standard InChI is InChI=1S/C19H33N3O3/c1-13(2)6-5-7-15(4)20-16(23)12-22-17(24)19(21-18(22)25)10-8-14(3)9-11-19/h13-15H,5-12H2,1-4H3,(H,20,23)(H,21,25). The molecule has 0 aromatic rings. The van der Waals surface area contributed by atoms with Gasteiger partial charge in [-0.05, 0) is 50.9 Å². The molecule has 1 aliphatic heterocycles. The summed E-state index contributed by atoms with van der Waals surface area (Å²) in [6, 6.07) is -0.376. The van der Waals surface area contributed by atoms with Gasteiger partial charge in [0, 0.05) is 6.04 Å². The number of amides is 4. The third kappa shape index (κ3) is 4.95. The maximum Gasteiger partial charge on any atom is 0.325 e. The SMILES string of the molecule is CC(C)CCCC(C)NC(=O)CN1C(=O)NC2(CCC(C)CC2)C1=O. The molecular formula is C19H33N3O3. The molecule has 6 heteroatoms. The van der Waals surface area contributed by atoms with Crippen LogP contribution in [0.5, 0.6) is 0 Å². The third-order valence-corrected chi connectivity index (χ3v) is 5.50. The smallest absolute Gasteiger partial charge is 0.325 e. The number of hydrogen-bond acceptors (Lipinski definition) is 3. The molecule has 1 aliphatic carbocycles. The first-order valence-corrected chi connectivity index (χ1v) is 9.67. The molecule has 6 nitrogen and oxygen atoms in total. The van der Waals surface area contributed by atoms with Crippen molar-refractivity contribution in [1.82, 2.24) is 15.5 Å². The highest BCUT2D eigenvalue weighted by Crippen LogP contribution is 2.36. The van der Waals surface area contributed by atoms with E-state index in [0.29, 0.717) is 24.7 Å². The molecule has 2 N–H and O–H groups in total. The molecule has 142 valence electrons. The van der Waals surface area contributed by atoms with Gasteiger partial charge in [-0.15, -0.1) is 0 Å². The average molecular weight is 351 g/mol. The Morgan fingerprint density at radius 1 is 1.24 bits per heavy atom. The van der Waals surface area contributed by atoms with E-state index in [4.69, 9.17) is 0 Å². The molecule has 25 heavy (non-hydrogen) atoms. The number of hydrogen-bond donors (Lipinski definition) is 2. The lowest BCUT2D eigenvalue weighted by atomic mass is 9.77. The molecule has 1 spiro atoms. The molecule has 2 aliphatic rings. The second kappa shape index (κ2) is 8.19. The third-order valence-electron chi connectivity index (χ3n) is 5.50. The van der Waals surface area contributed by atoms with E-state index >= 15 is 0 Å². The number of carbonyl (C=O) groups is 3. The number of carbonyl (C=O) groups excluding carboxylic acids is 3. The monoisotopic (exact) mass is 351 g/mol. The fraction of sp³-hybridized carbons (Fsp3) is 0.842. The first-order chi connectivity index (χ1) is 11.7. The Kier molecular flexibility index (Phi) is 6.47. The van der Waals surface area contributed by atoms with Crippen molar-refractivity contribution in [1.29, 1.82) is 0 Å². The maximum atomic E-state index is 12.7. The van der Waals surface area contributed by atoms with Crippen LogP contribution in [0.3, 0.4) is 0 Å². The topological polar surface area (TPSA) is 78.5 Å². The Hall–Kier alpha value is -1.59. The molecule has 0 aromatic carbocycles. The van der Waals surface area contributed by atoms with Crippen LogP contribution in [0.2, 0.25) is 0 Å². The zero-order valence-electron chi connectivity index (χ0n) is 16.1. The van der Waals surface area contributed by atoms with E-state index in [9.17, 15) is 14.4 Å². The van der Waals surface area contributed by atoms with Crippen molar-refractivity contribution in [2.75, 3.05) is 6.54 Å². The van der Waals surface area contributed by atoms with E-state index in [-0.39, 0.29) is 24.4 Å². The highest BCUT2D eigenvalue weighted by atomic mass is 16.2. The summed E-state index contributed by atoms with van der Waals surface area (Å²) in [5, 5.41) is 5.76. The van der Waals surface area contributed by atoms with E-state index < -0.39 is 11.6 Å². The minimum Gasteiger partial charge on any atom is -0.352 e.